The predicted molar refractivity (Wildman–Crippen MR) is 118 cm³/mol. The Balaban J connectivity index is 2.30. The van der Waals surface area contributed by atoms with Gasteiger partial charge in [0.1, 0.15) is 23.6 Å². The van der Waals surface area contributed by atoms with Crippen molar-refractivity contribution in [1.29, 1.82) is 0 Å². The maximum atomic E-state index is 12.9. The first-order valence-corrected chi connectivity index (χ1v) is 10.9. The molecule has 2 atom stereocenters. The second-order valence-electron chi connectivity index (χ2n) is 8.42. The molecule has 7 nitrogen and oxygen atoms in total. The van der Waals surface area contributed by atoms with E-state index in [9.17, 15) is 14.4 Å². The number of amides is 1. The molecule has 1 aliphatic heterocycles. The molecule has 31 heavy (non-hydrogen) atoms. The number of Topliss-reactive ketones (excluding diaryl/α,β-unsaturated/α-hetero) is 1. The Hall–Kier alpha value is -1.99. The van der Waals surface area contributed by atoms with Gasteiger partial charge >= 0.3 is 12.1 Å². The molecular weight excluding hydrogens is 445 g/mol. The number of ether oxygens (including phenoxy) is 3. The molecule has 1 aromatic carbocycles. The molecule has 2 rings (SSSR count). The van der Waals surface area contributed by atoms with Crippen LogP contribution in [0.3, 0.4) is 0 Å². The first kappa shape index (κ1) is 25.3. The predicted octanol–water partition coefficient (Wildman–Crippen LogP) is 5.01. The van der Waals surface area contributed by atoms with Gasteiger partial charge in [0.25, 0.3) is 0 Å². The summed E-state index contributed by atoms with van der Waals surface area (Å²) < 4.78 is 15.9. The summed E-state index contributed by atoms with van der Waals surface area (Å²) in [4.78, 5) is 38.6. The maximum Gasteiger partial charge on any atom is 0.410 e. The summed E-state index contributed by atoms with van der Waals surface area (Å²) in [6.45, 7) is 7.48. The van der Waals surface area contributed by atoms with Gasteiger partial charge in [-0.15, -0.1) is 0 Å². The Bertz CT molecular complexity index is 836. The zero-order chi connectivity index (χ0) is 23.3. The highest BCUT2D eigenvalue weighted by Gasteiger charge is 2.41. The van der Waals surface area contributed by atoms with E-state index in [-0.39, 0.29) is 37.7 Å². The third-order valence-corrected chi connectivity index (χ3v) is 5.69. The molecule has 1 amide bonds. The Labute approximate surface area is 192 Å². The molecule has 9 heteroatoms. The Morgan fingerprint density at radius 1 is 1.19 bits per heavy atom. The van der Waals surface area contributed by atoms with E-state index in [1.165, 1.54) is 12.0 Å². The van der Waals surface area contributed by atoms with Gasteiger partial charge in [-0.3, -0.25) is 9.59 Å². The number of carbonyl (C=O) groups excluding carboxylic acids is 3. The van der Waals surface area contributed by atoms with E-state index in [0.717, 1.165) is 0 Å². The standard InChI is InChI=1S/C22H29Cl2NO6/c1-6-30-18(27)11-15(26)10-14-9-13(12-25(14)21(28)31-22(2,3)4)19-17(29-5)8-7-16(23)20(19)24/h7-8,13-14H,6,9-12H2,1-5H3/t13-,14-/m0/s1. The van der Waals surface area contributed by atoms with Crippen LogP contribution in [0.5, 0.6) is 5.75 Å². The summed E-state index contributed by atoms with van der Waals surface area (Å²) in [7, 11) is 1.53. The highest BCUT2D eigenvalue weighted by atomic mass is 35.5. The smallest absolute Gasteiger partial charge is 0.410 e. The van der Waals surface area contributed by atoms with Gasteiger partial charge in [0.2, 0.25) is 0 Å². The highest BCUT2D eigenvalue weighted by Crippen LogP contribution is 2.44. The van der Waals surface area contributed by atoms with Crippen molar-refractivity contribution in [2.24, 2.45) is 0 Å². The number of benzene rings is 1. The third kappa shape index (κ3) is 6.74. The minimum absolute atomic E-state index is 0.00899. The van der Waals surface area contributed by atoms with Gasteiger partial charge in [-0.25, -0.2) is 4.79 Å². The summed E-state index contributed by atoms with van der Waals surface area (Å²) in [5.41, 5.74) is -0.00868. The van der Waals surface area contributed by atoms with E-state index in [0.29, 0.717) is 27.8 Å². The summed E-state index contributed by atoms with van der Waals surface area (Å²) in [6.07, 6.45) is -0.404. The lowest BCUT2D eigenvalue weighted by Gasteiger charge is -2.28. The molecule has 1 aromatic rings. The van der Waals surface area contributed by atoms with Crippen LogP contribution in [0.4, 0.5) is 4.79 Å². The van der Waals surface area contributed by atoms with Crippen molar-refractivity contribution in [3.63, 3.8) is 0 Å². The van der Waals surface area contributed by atoms with Crippen molar-refractivity contribution >= 4 is 41.0 Å². The second kappa shape index (κ2) is 10.6. The fourth-order valence-corrected chi connectivity index (χ4v) is 4.15. The topological polar surface area (TPSA) is 82.1 Å². The first-order chi connectivity index (χ1) is 14.5. The molecular formula is C22H29Cl2NO6. The minimum atomic E-state index is -0.694. The van der Waals surface area contributed by atoms with E-state index in [1.807, 2.05) is 0 Å². The molecule has 0 aliphatic carbocycles. The lowest BCUT2D eigenvalue weighted by molar-refractivity contribution is -0.145. The zero-order valence-electron chi connectivity index (χ0n) is 18.5. The van der Waals surface area contributed by atoms with Crippen LogP contribution in [0.25, 0.3) is 0 Å². The number of likely N-dealkylation sites (tertiary alicyclic amines) is 1. The van der Waals surface area contributed by atoms with Gasteiger partial charge in [-0.1, -0.05) is 23.2 Å². The molecule has 172 valence electrons. The second-order valence-corrected chi connectivity index (χ2v) is 9.21. The van der Waals surface area contributed by atoms with Gasteiger partial charge < -0.3 is 19.1 Å². The molecule has 0 unspecified atom stereocenters. The summed E-state index contributed by atoms with van der Waals surface area (Å²) >= 11 is 12.7. The van der Waals surface area contributed by atoms with Crippen LogP contribution in [-0.4, -0.2) is 54.7 Å². The molecule has 0 radical (unpaired) electrons. The molecule has 0 N–H and O–H groups in total. The van der Waals surface area contributed by atoms with Crippen LogP contribution in [-0.2, 0) is 19.1 Å². The number of carbonyl (C=O) groups is 3. The van der Waals surface area contributed by atoms with Crippen LogP contribution in [0.2, 0.25) is 10.0 Å². The summed E-state index contributed by atoms with van der Waals surface area (Å²) in [6, 6.07) is 2.91. The number of hydrogen-bond acceptors (Lipinski definition) is 6. The number of rotatable bonds is 7. The van der Waals surface area contributed by atoms with Crippen LogP contribution in [0.1, 0.15) is 58.4 Å². The van der Waals surface area contributed by atoms with E-state index in [2.05, 4.69) is 0 Å². The molecule has 1 fully saturated rings. The molecule has 1 heterocycles. The fraction of sp³-hybridized carbons (Fsp3) is 0.591. The van der Waals surface area contributed by atoms with Gasteiger partial charge in [0.15, 0.2) is 0 Å². The van der Waals surface area contributed by atoms with Crippen molar-refractivity contribution in [1.82, 2.24) is 4.90 Å². The summed E-state index contributed by atoms with van der Waals surface area (Å²) in [5.74, 6) is -0.539. The number of ketones is 1. The van der Waals surface area contributed by atoms with Gasteiger partial charge in [0.05, 0.1) is 23.8 Å². The molecule has 0 aromatic heterocycles. The largest absolute Gasteiger partial charge is 0.496 e. The van der Waals surface area contributed by atoms with Crippen molar-refractivity contribution in [2.75, 3.05) is 20.3 Å². The zero-order valence-corrected chi connectivity index (χ0v) is 20.0. The Morgan fingerprint density at radius 3 is 2.45 bits per heavy atom. The number of methoxy groups -OCH3 is 1. The van der Waals surface area contributed by atoms with Crippen molar-refractivity contribution in [3.8, 4) is 5.75 Å². The number of halogens is 2. The maximum absolute atomic E-state index is 12.9. The normalized spacial score (nSPS) is 18.6. The average Bonchev–Trinajstić information content (AvgIpc) is 3.05. The Morgan fingerprint density at radius 2 is 1.87 bits per heavy atom. The molecule has 0 bridgehead atoms. The van der Waals surface area contributed by atoms with Crippen LogP contribution in [0.15, 0.2) is 12.1 Å². The molecule has 0 spiro atoms. The van der Waals surface area contributed by atoms with Gasteiger partial charge in [-0.2, -0.15) is 0 Å². The third-order valence-electron chi connectivity index (χ3n) is 4.87. The molecule has 0 saturated carbocycles. The van der Waals surface area contributed by atoms with Crippen LogP contribution in [0, 0.1) is 0 Å². The van der Waals surface area contributed by atoms with E-state index < -0.39 is 23.7 Å². The number of hydrogen-bond donors (Lipinski definition) is 0. The lowest BCUT2D eigenvalue weighted by Crippen LogP contribution is -2.41. The van der Waals surface area contributed by atoms with Gasteiger partial charge in [0, 0.05) is 30.5 Å². The average molecular weight is 474 g/mol. The Kier molecular flexibility index (Phi) is 8.60. The fourth-order valence-electron chi connectivity index (χ4n) is 3.68. The molecule has 1 saturated heterocycles. The first-order valence-electron chi connectivity index (χ1n) is 10.2. The van der Waals surface area contributed by atoms with E-state index in [1.54, 1.807) is 39.8 Å². The highest BCUT2D eigenvalue weighted by molar-refractivity contribution is 6.42. The van der Waals surface area contributed by atoms with Crippen molar-refractivity contribution in [3.05, 3.63) is 27.7 Å². The lowest BCUT2D eigenvalue weighted by atomic mass is 9.93. The van der Waals surface area contributed by atoms with Crippen molar-refractivity contribution in [2.45, 2.75) is 64.5 Å². The minimum Gasteiger partial charge on any atom is -0.496 e. The van der Waals surface area contributed by atoms with Crippen LogP contribution < -0.4 is 4.74 Å². The SMILES string of the molecule is CCOC(=O)CC(=O)C[C@@H]1C[C@H](c2c(OC)ccc(Cl)c2Cl)CN1C(=O)OC(C)(C)C. The van der Waals surface area contributed by atoms with Crippen molar-refractivity contribution < 1.29 is 28.6 Å². The quantitative estimate of drug-likeness (QED) is 0.408. The van der Waals surface area contributed by atoms with E-state index in [4.69, 9.17) is 37.4 Å². The monoisotopic (exact) mass is 473 g/mol. The molecule has 1 aliphatic rings. The summed E-state index contributed by atoms with van der Waals surface area (Å²) in [5, 5.41) is 0.733. The van der Waals surface area contributed by atoms with E-state index >= 15 is 0 Å². The number of nitrogens with zero attached hydrogens (tertiary/aromatic N) is 1. The van der Waals surface area contributed by atoms with Crippen LogP contribution >= 0.6 is 23.2 Å². The van der Waals surface area contributed by atoms with Gasteiger partial charge in [-0.05, 0) is 46.2 Å². The number of esters is 1.